The van der Waals surface area contributed by atoms with E-state index in [1.165, 1.54) is 12.5 Å². The molecule has 0 aromatic carbocycles. The van der Waals surface area contributed by atoms with Crippen LogP contribution in [0.5, 0.6) is 0 Å². The Labute approximate surface area is 403 Å². The molecule has 0 aliphatic carbocycles. The molecule has 0 fully saturated rings. The molecular weight excluding hydrogens is 940 g/mol. The average Bonchev–Trinajstić information content (AvgIpc) is 3.13. The third-order valence-electron chi connectivity index (χ3n) is 6.76. The Hall–Kier alpha value is 1.53. The van der Waals surface area contributed by atoms with Crippen LogP contribution >= 0.6 is 0 Å². The van der Waals surface area contributed by atoms with Gasteiger partial charge in [-0.3, -0.25) is 0 Å². The van der Waals surface area contributed by atoms with Gasteiger partial charge in [-0.05, 0) is 117 Å². The van der Waals surface area contributed by atoms with Crippen molar-refractivity contribution in [3.05, 3.63) is 38.6 Å². The molecule has 0 aliphatic rings. The van der Waals surface area contributed by atoms with Crippen molar-refractivity contribution in [3.8, 4) is 0 Å². The molecule has 0 N–H and O–H groups in total. The number of hydrogen-bond acceptors (Lipinski definition) is 9. The van der Waals surface area contributed by atoms with E-state index in [0.717, 1.165) is 0 Å². The SMILES string of the molecule is C=C[Si](C)(C)C.C=C[Si](C)(C)C.CCC[Si](C)(C)OC.CO[SiH](C)C.CO[Si](C)(C)C.CO[Si](C)(C)C.CO[Si](C)(C)C.CO[Si](C)(C)OC.[CH2+]O[Si](C)(C)OC.[CH2-]C.[V]. The van der Waals surface area contributed by atoms with E-state index in [2.05, 4.69) is 170 Å². The van der Waals surface area contributed by atoms with E-state index >= 15 is 0 Å². The molecular formula is C41H114O9Si9V. The topological polar surface area (TPSA) is 83.1 Å². The molecule has 0 saturated heterocycles. The molecule has 9 nitrogen and oxygen atoms in total. The minimum atomic E-state index is -1.76. The Kier molecular flexibility index (Phi) is 73.5. The summed E-state index contributed by atoms with van der Waals surface area (Å²) in [5.41, 5.74) is 4.15. The zero-order chi connectivity index (χ0) is 50.8. The molecule has 0 aromatic rings. The Morgan fingerprint density at radius 2 is 0.650 bits per heavy atom. The fraction of sp³-hybridized carbons (Fsp3) is 0.854. The Morgan fingerprint density at radius 1 is 0.467 bits per heavy atom. The zero-order valence-corrected chi connectivity index (χ0v) is 57.6. The Bertz CT molecular complexity index is 761. The van der Waals surface area contributed by atoms with Crippen molar-refractivity contribution in [1.82, 2.24) is 0 Å². The van der Waals surface area contributed by atoms with Crippen LogP contribution in [0.15, 0.2) is 24.6 Å². The average molecular weight is 1060 g/mol. The quantitative estimate of drug-likeness (QED) is 0.132. The van der Waals surface area contributed by atoms with Gasteiger partial charge in [0.25, 0.3) is 0 Å². The van der Waals surface area contributed by atoms with Gasteiger partial charge < -0.3 is 42.3 Å². The predicted octanol–water partition coefficient (Wildman–Crippen LogP) is 14.3. The molecule has 0 spiro atoms. The minimum Gasteiger partial charge on any atom is -0.424 e. The van der Waals surface area contributed by atoms with Gasteiger partial charge in [-0.2, -0.15) is 6.92 Å². The van der Waals surface area contributed by atoms with Crippen molar-refractivity contribution in [1.29, 1.82) is 0 Å². The third-order valence-corrected chi connectivity index (χ3v) is 20.3. The first-order valence-corrected chi connectivity index (χ1v) is 49.6. The first kappa shape index (κ1) is 88.3. The molecule has 60 heavy (non-hydrogen) atoms. The molecule has 1 radical (unpaired) electrons. The number of hydrogen-bond donors (Lipinski definition) is 0. The first-order valence-electron chi connectivity index (χ1n) is 20.7. The summed E-state index contributed by atoms with van der Waals surface area (Å²) in [6, 6.07) is 1.28. The van der Waals surface area contributed by atoms with Crippen LogP contribution in [0, 0.1) is 14.0 Å². The molecule has 0 saturated carbocycles. The summed E-state index contributed by atoms with van der Waals surface area (Å²) in [5.74, 6) is 0. The summed E-state index contributed by atoms with van der Waals surface area (Å²) < 4.78 is 45.1. The summed E-state index contributed by atoms with van der Waals surface area (Å²) in [6.07, 6.45) is 1.26. The maximum atomic E-state index is 5.32. The Balaban J connectivity index is -0.0000000498. The van der Waals surface area contributed by atoms with E-state index in [-0.39, 0.29) is 18.6 Å². The maximum absolute atomic E-state index is 5.32. The van der Waals surface area contributed by atoms with Crippen LogP contribution in [-0.2, 0) is 58.4 Å². The smallest absolute Gasteiger partial charge is 0.391 e. The summed E-state index contributed by atoms with van der Waals surface area (Å²) in [5, 5.41) is 0. The van der Waals surface area contributed by atoms with Crippen LogP contribution in [0.2, 0.25) is 157 Å². The van der Waals surface area contributed by atoms with E-state index < -0.39 is 75.6 Å². The normalized spacial score (nSPS) is 11.1. The van der Waals surface area contributed by atoms with Gasteiger partial charge >= 0.3 is 17.1 Å². The van der Waals surface area contributed by atoms with Crippen molar-refractivity contribution in [2.24, 2.45) is 0 Å². The van der Waals surface area contributed by atoms with Crippen LogP contribution in [0.4, 0.5) is 0 Å². The van der Waals surface area contributed by atoms with Gasteiger partial charge in [0, 0.05) is 75.4 Å². The molecule has 0 bridgehead atoms. The molecule has 373 valence electrons. The molecule has 0 aromatic heterocycles. The third kappa shape index (κ3) is 145. The second kappa shape index (κ2) is 49.9. The maximum Gasteiger partial charge on any atom is 0.391 e. The van der Waals surface area contributed by atoms with Crippen molar-refractivity contribution in [2.45, 2.75) is 177 Å². The molecule has 0 unspecified atom stereocenters. The monoisotopic (exact) mass is 1050 g/mol. The van der Waals surface area contributed by atoms with E-state index in [1.54, 1.807) is 56.7 Å². The summed E-state index contributed by atoms with van der Waals surface area (Å²) >= 11 is 0. The molecule has 0 atom stereocenters. The molecule has 19 heteroatoms. The second-order valence-corrected chi connectivity index (χ2v) is 57.9. The minimum absolute atomic E-state index is 0. The van der Waals surface area contributed by atoms with E-state index in [1.807, 2.05) is 33.3 Å². The molecule has 0 heterocycles. The van der Waals surface area contributed by atoms with Gasteiger partial charge in [0.05, 0.1) is 16.1 Å². The van der Waals surface area contributed by atoms with Crippen molar-refractivity contribution < 1.29 is 58.4 Å². The molecule has 0 rings (SSSR count). The van der Waals surface area contributed by atoms with Gasteiger partial charge in [0.15, 0.2) is 42.3 Å². The van der Waals surface area contributed by atoms with E-state index in [9.17, 15) is 0 Å². The summed E-state index contributed by atoms with van der Waals surface area (Å²) in [4.78, 5) is 0. The van der Waals surface area contributed by atoms with Crippen molar-refractivity contribution in [3.63, 3.8) is 0 Å². The molecule has 0 aliphatic heterocycles. The van der Waals surface area contributed by atoms with E-state index in [4.69, 9.17) is 39.8 Å². The van der Waals surface area contributed by atoms with Gasteiger partial charge in [0.2, 0.25) is 7.11 Å². The first-order chi connectivity index (χ1) is 25.9. The van der Waals surface area contributed by atoms with Crippen LogP contribution in [0.25, 0.3) is 0 Å². The van der Waals surface area contributed by atoms with E-state index in [0.29, 0.717) is 0 Å². The fourth-order valence-electron chi connectivity index (χ4n) is 0.846. The van der Waals surface area contributed by atoms with Crippen LogP contribution in [0.3, 0.4) is 0 Å². The second-order valence-electron chi connectivity index (χ2n) is 19.6. The van der Waals surface area contributed by atoms with Gasteiger partial charge in [-0.15, -0.1) is 24.6 Å². The fourth-order valence-corrected chi connectivity index (χ4v) is 2.54. The van der Waals surface area contributed by atoms with Crippen LogP contribution in [-0.4, -0.2) is 132 Å². The van der Waals surface area contributed by atoms with Crippen molar-refractivity contribution in [2.75, 3.05) is 56.9 Å². The Morgan fingerprint density at radius 3 is 0.667 bits per heavy atom. The summed E-state index contributed by atoms with van der Waals surface area (Å²) in [7, 11) is 6.78. The standard InChI is InChI=1S/C6H16OSi.2C5H12Si.C4H12O2Si.C4H11O2Si.3C4H12OSi.C3H10OSi.C2H5.V/c1-5-6-8(3,4)7-2;2*1-5-6(2,3)4;2*1-5-7(3,4)6-2;3*1-5-6(2,3)4;1-4-5(2)3;1-2;/h5-6H2,1-4H3;2*5H,1H2,2-4H3;1-4H3;1H2,2-4H3;3*1-4H3;5H,1-3H3;1H2,2H3;/q;;;;+1;;;;;-1;. The van der Waals surface area contributed by atoms with Gasteiger partial charge in [-0.1, -0.05) is 52.6 Å². The summed E-state index contributed by atoms with van der Waals surface area (Å²) in [6.45, 7) is 64.2. The largest absolute Gasteiger partial charge is 0.424 e. The van der Waals surface area contributed by atoms with Crippen LogP contribution < -0.4 is 0 Å². The van der Waals surface area contributed by atoms with Gasteiger partial charge in [0.1, 0.15) is 0 Å². The van der Waals surface area contributed by atoms with Crippen LogP contribution in [0.1, 0.15) is 20.3 Å². The van der Waals surface area contributed by atoms with Crippen molar-refractivity contribution >= 4 is 75.6 Å². The zero-order valence-electron chi connectivity index (χ0n) is 47.1. The molecule has 0 amide bonds. The van der Waals surface area contributed by atoms with Gasteiger partial charge in [-0.25, -0.2) is 4.43 Å². The number of rotatable bonds is 13. The predicted molar refractivity (Wildman–Crippen MR) is 297 cm³/mol.